The van der Waals surface area contributed by atoms with Crippen LogP contribution in [-0.4, -0.2) is 67.2 Å². The Morgan fingerprint density at radius 2 is 2.00 bits per heavy atom. The number of morpholine rings is 1. The zero-order valence-corrected chi connectivity index (χ0v) is 17.8. The van der Waals surface area contributed by atoms with Gasteiger partial charge in [-0.3, -0.25) is 15.6 Å². The van der Waals surface area contributed by atoms with Crippen molar-refractivity contribution < 1.29 is 17.9 Å². The molecule has 176 valence electrons. The average Bonchev–Trinajstić information content (AvgIpc) is 2.78. The number of nitrogens with one attached hydrogen (secondary N) is 3. The van der Waals surface area contributed by atoms with Crippen LogP contribution in [0.2, 0.25) is 0 Å². The quantitative estimate of drug-likeness (QED) is 0.369. The Kier molecular flexibility index (Phi) is 7.94. The normalized spacial score (nSPS) is 20.3. The van der Waals surface area contributed by atoms with Crippen LogP contribution in [0.5, 0.6) is 0 Å². The second-order valence-electron chi connectivity index (χ2n) is 7.39. The Hall–Kier alpha value is -2.83. The van der Waals surface area contributed by atoms with Crippen LogP contribution in [-0.2, 0) is 4.74 Å². The molecule has 2 unspecified atom stereocenters. The van der Waals surface area contributed by atoms with Crippen molar-refractivity contribution in [1.29, 1.82) is 0 Å². The maximum Gasteiger partial charge on any atom is 0.431 e. The van der Waals surface area contributed by atoms with Crippen molar-refractivity contribution in [3.63, 3.8) is 0 Å². The zero-order chi connectivity index (χ0) is 23.1. The van der Waals surface area contributed by atoms with Crippen LogP contribution in [0.3, 0.4) is 0 Å². The predicted octanol–water partition coefficient (Wildman–Crippen LogP) is 1.05. The van der Waals surface area contributed by atoms with E-state index in [4.69, 9.17) is 16.2 Å². The van der Waals surface area contributed by atoms with Crippen LogP contribution in [0.1, 0.15) is 13.3 Å². The van der Waals surface area contributed by atoms with E-state index in [9.17, 15) is 13.2 Å². The van der Waals surface area contributed by atoms with Crippen molar-refractivity contribution in [1.82, 2.24) is 20.5 Å². The average molecular weight is 455 g/mol. The minimum absolute atomic E-state index is 0.0506. The fourth-order valence-electron chi connectivity index (χ4n) is 3.42. The van der Waals surface area contributed by atoms with Gasteiger partial charge >= 0.3 is 6.18 Å². The summed E-state index contributed by atoms with van der Waals surface area (Å²) in [4.78, 5) is 9.87. The molecule has 1 aromatic rings. The first-order valence-electron chi connectivity index (χ1n) is 10.4. The molecule has 0 spiro atoms. The van der Waals surface area contributed by atoms with E-state index in [2.05, 4.69) is 25.9 Å². The number of allylic oxidation sites excluding steroid dienone is 1. The van der Waals surface area contributed by atoms with E-state index in [0.29, 0.717) is 32.7 Å². The lowest BCUT2D eigenvalue weighted by atomic mass is 10.0. The highest BCUT2D eigenvalue weighted by Crippen LogP contribution is 2.30. The number of halogens is 3. The molecule has 0 aliphatic carbocycles. The van der Waals surface area contributed by atoms with Crippen molar-refractivity contribution in [2.24, 2.45) is 16.5 Å². The van der Waals surface area contributed by atoms with Gasteiger partial charge in [0, 0.05) is 48.5 Å². The molecule has 1 fully saturated rings. The third-order valence-electron chi connectivity index (χ3n) is 5.15. The fourth-order valence-corrected chi connectivity index (χ4v) is 3.42. The number of hydrogen-bond donors (Lipinski definition) is 5. The smallest absolute Gasteiger partial charge is 0.379 e. The summed E-state index contributed by atoms with van der Waals surface area (Å²) in [6.45, 7) is 3.87. The molecule has 0 amide bonds. The Balaban J connectivity index is 1.94. The molecule has 2 aliphatic heterocycles. The molecular formula is C20H29F3N8O. The van der Waals surface area contributed by atoms with E-state index in [-0.39, 0.29) is 29.8 Å². The van der Waals surface area contributed by atoms with E-state index in [1.54, 1.807) is 30.6 Å². The van der Waals surface area contributed by atoms with Gasteiger partial charge in [-0.2, -0.15) is 13.2 Å². The van der Waals surface area contributed by atoms with E-state index < -0.39 is 18.2 Å². The van der Waals surface area contributed by atoms with Gasteiger partial charge in [-0.15, -0.1) is 0 Å². The first-order valence-corrected chi connectivity index (χ1v) is 10.4. The van der Waals surface area contributed by atoms with Gasteiger partial charge in [-0.05, 0) is 24.6 Å². The fraction of sp³-hybridized carbons (Fsp3) is 0.500. The summed E-state index contributed by atoms with van der Waals surface area (Å²) in [7, 11) is 0. The molecule has 0 bridgehead atoms. The summed E-state index contributed by atoms with van der Waals surface area (Å²) < 4.78 is 46.8. The maximum atomic E-state index is 13.8. The first-order chi connectivity index (χ1) is 15.3. The summed E-state index contributed by atoms with van der Waals surface area (Å²) in [6.07, 6.45) is 0.265. The van der Waals surface area contributed by atoms with Crippen molar-refractivity contribution in [3.8, 4) is 0 Å². The van der Waals surface area contributed by atoms with Gasteiger partial charge in [-0.25, -0.2) is 4.99 Å². The van der Waals surface area contributed by atoms with Crippen LogP contribution in [0.15, 0.2) is 52.6 Å². The van der Waals surface area contributed by atoms with Crippen LogP contribution < -0.4 is 27.4 Å². The molecule has 0 radical (unpaired) electrons. The van der Waals surface area contributed by atoms with Crippen LogP contribution >= 0.6 is 0 Å². The van der Waals surface area contributed by atoms with E-state index in [1.807, 2.05) is 11.8 Å². The number of pyridine rings is 1. The number of aliphatic imine (C=N–C) groups is 1. The molecule has 3 rings (SSSR count). The van der Waals surface area contributed by atoms with Crippen molar-refractivity contribution in [2.45, 2.75) is 31.9 Å². The topological polar surface area (TPSA) is 126 Å². The number of rotatable bonds is 8. The summed E-state index contributed by atoms with van der Waals surface area (Å²) >= 11 is 0. The van der Waals surface area contributed by atoms with Crippen molar-refractivity contribution >= 4 is 11.6 Å². The summed E-state index contributed by atoms with van der Waals surface area (Å²) in [6, 6.07) is 3.30. The molecule has 2 atom stereocenters. The van der Waals surface area contributed by atoms with Gasteiger partial charge in [0.2, 0.25) is 0 Å². The van der Waals surface area contributed by atoms with E-state index in [0.717, 1.165) is 5.69 Å². The molecular weight excluding hydrogens is 425 g/mol. The second kappa shape index (κ2) is 10.7. The third kappa shape index (κ3) is 6.34. The molecule has 32 heavy (non-hydrogen) atoms. The summed E-state index contributed by atoms with van der Waals surface area (Å²) in [5.41, 5.74) is 11.9. The minimum atomic E-state index is -4.64. The Labute approximate surface area is 184 Å². The largest absolute Gasteiger partial charge is 0.431 e. The highest BCUT2D eigenvalue weighted by molar-refractivity contribution is 5.81. The minimum Gasteiger partial charge on any atom is -0.379 e. The van der Waals surface area contributed by atoms with Crippen LogP contribution in [0.4, 0.5) is 18.9 Å². The van der Waals surface area contributed by atoms with Gasteiger partial charge in [0.05, 0.1) is 19.8 Å². The standard InChI is InChI=1S/C20H29F3N8O/c1-2-13(28-14-3-5-26-6-4-14)11-16(29-19(25)31-7-9-32-10-8-31)15-12-27-18(24)30-17(15)20(21,22)23/h3-6,11,13,19,29H,2,7-10,12,25H2,1H3,(H,26,28)(H3,24,27,30)/b16-11-. The highest BCUT2D eigenvalue weighted by Gasteiger charge is 2.39. The van der Waals surface area contributed by atoms with Crippen molar-refractivity contribution in [2.75, 3.05) is 38.2 Å². The van der Waals surface area contributed by atoms with Crippen LogP contribution in [0, 0.1) is 0 Å². The Morgan fingerprint density at radius 3 is 2.62 bits per heavy atom. The molecule has 1 aromatic heterocycles. The van der Waals surface area contributed by atoms with Crippen molar-refractivity contribution in [3.05, 3.63) is 47.6 Å². The number of nitrogens with two attached hydrogens (primary N) is 2. The Bertz CT molecular complexity index is 850. The third-order valence-corrected chi connectivity index (χ3v) is 5.15. The predicted molar refractivity (Wildman–Crippen MR) is 116 cm³/mol. The van der Waals surface area contributed by atoms with Gasteiger partial charge in [0.25, 0.3) is 0 Å². The lowest BCUT2D eigenvalue weighted by Gasteiger charge is -2.35. The van der Waals surface area contributed by atoms with E-state index in [1.165, 1.54) is 0 Å². The number of ether oxygens (including phenoxy) is 1. The summed E-state index contributed by atoms with van der Waals surface area (Å²) in [5.74, 6) is -0.278. The highest BCUT2D eigenvalue weighted by atomic mass is 19.4. The van der Waals surface area contributed by atoms with E-state index >= 15 is 0 Å². The number of anilines is 1. The Morgan fingerprint density at radius 1 is 1.31 bits per heavy atom. The number of alkyl halides is 3. The van der Waals surface area contributed by atoms with Gasteiger partial charge < -0.3 is 26.4 Å². The molecule has 7 N–H and O–H groups in total. The zero-order valence-electron chi connectivity index (χ0n) is 17.8. The number of aromatic nitrogens is 1. The molecule has 9 nitrogen and oxygen atoms in total. The van der Waals surface area contributed by atoms with Gasteiger partial charge in [-0.1, -0.05) is 6.92 Å². The lowest BCUT2D eigenvalue weighted by molar-refractivity contribution is -0.0960. The number of nitrogens with zero attached hydrogens (tertiary/aromatic N) is 3. The monoisotopic (exact) mass is 454 g/mol. The van der Waals surface area contributed by atoms with Crippen LogP contribution in [0.25, 0.3) is 0 Å². The molecule has 0 saturated carbocycles. The van der Waals surface area contributed by atoms with Gasteiger partial charge in [0.15, 0.2) is 5.96 Å². The molecule has 0 aromatic carbocycles. The lowest BCUT2D eigenvalue weighted by Crippen LogP contribution is -2.56. The second-order valence-corrected chi connectivity index (χ2v) is 7.39. The number of hydrogen-bond acceptors (Lipinski definition) is 9. The number of guanidine groups is 1. The SMILES string of the molecule is CCC(/C=C(\NC(N)N1CCOCC1)C1=C(C(F)(F)F)NC(N)=NC1)Nc1ccncc1. The van der Waals surface area contributed by atoms with Gasteiger partial charge in [0.1, 0.15) is 12.0 Å². The molecule has 1 saturated heterocycles. The molecule has 2 aliphatic rings. The first kappa shape index (κ1) is 23.8. The maximum absolute atomic E-state index is 13.8. The summed E-state index contributed by atoms with van der Waals surface area (Å²) in [5, 5.41) is 8.55. The molecule has 3 heterocycles. The molecule has 12 heteroatoms.